The number of ether oxygens (including phenoxy) is 1. The van der Waals surface area contributed by atoms with Gasteiger partial charge in [-0.1, -0.05) is 29.4 Å². The predicted octanol–water partition coefficient (Wildman–Crippen LogP) is 4.76. The number of carbonyl (C=O) groups excluding carboxylic acids is 1. The molecule has 7 heteroatoms. The Kier molecular flexibility index (Phi) is 5.73. The van der Waals surface area contributed by atoms with Crippen LogP contribution in [0.25, 0.3) is 11.5 Å². The maximum Gasteiger partial charge on any atom is 0.277 e. The van der Waals surface area contributed by atoms with Gasteiger partial charge in [-0.15, -0.1) is 10.2 Å². The van der Waals surface area contributed by atoms with Crippen LogP contribution in [0.4, 0.5) is 0 Å². The molecule has 0 radical (unpaired) electrons. The maximum atomic E-state index is 12.2. The number of Topliss-reactive ketones (excluding diaryl/α,β-unsaturated/α-hetero) is 1. The minimum atomic E-state index is -0.0180. The fraction of sp³-hybridized carbons (Fsp3) is 0.167. The summed E-state index contributed by atoms with van der Waals surface area (Å²) < 4.78 is 10.9. The van der Waals surface area contributed by atoms with Gasteiger partial charge in [-0.2, -0.15) is 0 Å². The number of ketones is 1. The minimum Gasteiger partial charge on any atom is -0.494 e. The number of hydrogen-bond acceptors (Lipinski definition) is 6. The summed E-state index contributed by atoms with van der Waals surface area (Å²) in [6, 6.07) is 14.2. The van der Waals surface area contributed by atoms with Gasteiger partial charge in [0.15, 0.2) is 5.78 Å². The van der Waals surface area contributed by atoms with E-state index >= 15 is 0 Å². The van der Waals surface area contributed by atoms with Gasteiger partial charge in [0.2, 0.25) is 5.89 Å². The maximum absolute atomic E-state index is 12.2. The number of rotatable bonds is 7. The fourth-order valence-corrected chi connectivity index (χ4v) is 2.97. The zero-order valence-electron chi connectivity index (χ0n) is 13.4. The number of halogens is 1. The summed E-state index contributed by atoms with van der Waals surface area (Å²) in [6.45, 7) is 2.51. The van der Waals surface area contributed by atoms with Crippen molar-refractivity contribution in [2.75, 3.05) is 12.4 Å². The van der Waals surface area contributed by atoms with Crippen molar-refractivity contribution < 1.29 is 13.9 Å². The zero-order chi connectivity index (χ0) is 17.6. The molecule has 0 aliphatic rings. The second-order valence-corrected chi connectivity index (χ2v) is 6.42. The Hall–Kier alpha value is -2.31. The molecule has 3 rings (SSSR count). The van der Waals surface area contributed by atoms with E-state index in [4.69, 9.17) is 20.8 Å². The highest BCUT2D eigenvalue weighted by molar-refractivity contribution is 7.99. The van der Waals surface area contributed by atoms with Crippen molar-refractivity contribution in [3.8, 4) is 17.2 Å². The Morgan fingerprint density at radius 1 is 1.20 bits per heavy atom. The highest BCUT2D eigenvalue weighted by Gasteiger charge is 2.13. The Morgan fingerprint density at radius 2 is 2.00 bits per heavy atom. The lowest BCUT2D eigenvalue weighted by atomic mass is 10.1. The summed E-state index contributed by atoms with van der Waals surface area (Å²) in [5, 5.41) is 8.88. The molecule has 0 aliphatic carbocycles. The third-order valence-electron chi connectivity index (χ3n) is 3.29. The van der Waals surface area contributed by atoms with E-state index in [1.165, 1.54) is 11.8 Å². The summed E-state index contributed by atoms with van der Waals surface area (Å²) in [7, 11) is 0. The van der Waals surface area contributed by atoms with Crippen molar-refractivity contribution >= 4 is 29.1 Å². The van der Waals surface area contributed by atoms with Crippen LogP contribution in [-0.4, -0.2) is 28.3 Å². The molecule has 5 nitrogen and oxygen atoms in total. The summed E-state index contributed by atoms with van der Waals surface area (Å²) in [5.41, 5.74) is 1.36. The van der Waals surface area contributed by atoms with E-state index in [0.29, 0.717) is 28.3 Å². The van der Waals surface area contributed by atoms with Crippen molar-refractivity contribution in [2.45, 2.75) is 12.1 Å². The third-order valence-corrected chi connectivity index (χ3v) is 4.35. The van der Waals surface area contributed by atoms with Crippen molar-refractivity contribution in [1.82, 2.24) is 10.2 Å². The van der Waals surface area contributed by atoms with Crippen LogP contribution in [-0.2, 0) is 0 Å². The largest absolute Gasteiger partial charge is 0.494 e. The topological polar surface area (TPSA) is 65.2 Å². The van der Waals surface area contributed by atoms with Gasteiger partial charge in [-0.3, -0.25) is 4.79 Å². The molecular formula is C18H15ClN2O3S. The number of aromatic nitrogens is 2. The Morgan fingerprint density at radius 3 is 2.72 bits per heavy atom. The van der Waals surface area contributed by atoms with E-state index in [1.54, 1.807) is 36.4 Å². The zero-order valence-corrected chi connectivity index (χ0v) is 15.0. The first-order chi connectivity index (χ1) is 12.2. The van der Waals surface area contributed by atoms with Crippen LogP contribution in [0.2, 0.25) is 5.02 Å². The molecule has 0 amide bonds. The first-order valence-electron chi connectivity index (χ1n) is 7.64. The summed E-state index contributed by atoms with van der Waals surface area (Å²) in [5.74, 6) is 1.31. The van der Waals surface area contributed by atoms with Gasteiger partial charge >= 0.3 is 0 Å². The van der Waals surface area contributed by atoms with Gasteiger partial charge in [0.1, 0.15) is 5.75 Å². The molecule has 0 spiro atoms. The summed E-state index contributed by atoms with van der Waals surface area (Å²) in [6.07, 6.45) is 0. The predicted molar refractivity (Wildman–Crippen MR) is 97.4 cm³/mol. The third kappa shape index (κ3) is 4.61. The normalized spacial score (nSPS) is 10.6. The summed E-state index contributed by atoms with van der Waals surface area (Å²) in [4.78, 5) is 12.2. The van der Waals surface area contributed by atoms with Crippen molar-refractivity contribution in [3.05, 3.63) is 59.1 Å². The standard InChI is InChI=1S/C18H15ClN2O3S/c1-2-23-15-8-6-12(7-9-15)16(22)11-25-18-21-20-17(24-18)13-4-3-5-14(19)10-13/h3-10H,2,11H2,1H3. The lowest BCUT2D eigenvalue weighted by molar-refractivity contribution is 0.102. The summed E-state index contributed by atoms with van der Waals surface area (Å²) >= 11 is 7.16. The van der Waals surface area contributed by atoms with Gasteiger partial charge in [0.25, 0.3) is 5.22 Å². The monoisotopic (exact) mass is 374 g/mol. The van der Waals surface area contributed by atoms with E-state index in [-0.39, 0.29) is 11.5 Å². The van der Waals surface area contributed by atoms with Crippen LogP contribution in [0.3, 0.4) is 0 Å². The Balaban J connectivity index is 1.61. The molecule has 0 fully saturated rings. The highest BCUT2D eigenvalue weighted by atomic mass is 35.5. The fourth-order valence-electron chi connectivity index (χ4n) is 2.12. The number of nitrogens with zero attached hydrogens (tertiary/aromatic N) is 2. The molecular weight excluding hydrogens is 360 g/mol. The SMILES string of the molecule is CCOc1ccc(C(=O)CSc2nnc(-c3cccc(Cl)c3)o2)cc1. The Labute approximate surface area is 154 Å². The number of carbonyl (C=O) groups is 1. The van der Waals surface area contributed by atoms with Crippen molar-refractivity contribution in [1.29, 1.82) is 0 Å². The Bertz CT molecular complexity index is 865. The average molecular weight is 375 g/mol. The van der Waals surface area contributed by atoms with Gasteiger partial charge in [-0.05, 0) is 49.4 Å². The molecule has 0 aliphatic heterocycles. The van der Waals surface area contributed by atoms with Crippen LogP contribution >= 0.6 is 23.4 Å². The molecule has 0 N–H and O–H groups in total. The molecule has 0 saturated heterocycles. The molecule has 25 heavy (non-hydrogen) atoms. The smallest absolute Gasteiger partial charge is 0.277 e. The number of benzene rings is 2. The van der Waals surface area contributed by atoms with Gasteiger partial charge in [0, 0.05) is 16.1 Å². The second kappa shape index (κ2) is 8.18. The lowest BCUT2D eigenvalue weighted by Gasteiger charge is -2.03. The number of hydrogen-bond donors (Lipinski definition) is 0. The molecule has 128 valence electrons. The first-order valence-corrected chi connectivity index (χ1v) is 9.00. The van der Waals surface area contributed by atoms with Crippen LogP contribution in [0.5, 0.6) is 5.75 Å². The molecule has 0 saturated carbocycles. The first kappa shape index (κ1) is 17.5. The second-order valence-electron chi connectivity index (χ2n) is 5.05. The molecule has 0 atom stereocenters. The van der Waals surface area contributed by atoms with E-state index < -0.39 is 0 Å². The van der Waals surface area contributed by atoms with E-state index in [1.807, 2.05) is 19.1 Å². The van der Waals surface area contributed by atoms with Crippen molar-refractivity contribution in [3.63, 3.8) is 0 Å². The molecule has 2 aromatic carbocycles. The molecule has 1 heterocycles. The van der Waals surface area contributed by atoms with E-state index in [9.17, 15) is 4.79 Å². The minimum absolute atomic E-state index is 0.0180. The molecule has 3 aromatic rings. The lowest BCUT2D eigenvalue weighted by Crippen LogP contribution is -2.02. The number of thioether (sulfide) groups is 1. The van der Waals surface area contributed by atoms with Crippen LogP contribution in [0.1, 0.15) is 17.3 Å². The van der Waals surface area contributed by atoms with Crippen LogP contribution in [0, 0.1) is 0 Å². The van der Waals surface area contributed by atoms with Crippen LogP contribution in [0.15, 0.2) is 58.2 Å². The van der Waals surface area contributed by atoms with E-state index in [2.05, 4.69) is 10.2 Å². The highest BCUT2D eigenvalue weighted by Crippen LogP contribution is 2.25. The quantitative estimate of drug-likeness (QED) is 0.438. The van der Waals surface area contributed by atoms with Gasteiger partial charge < -0.3 is 9.15 Å². The molecule has 0 bridgehead atoms. The van der Waals surface area contributed by atoms with E-state index in [0.717, 1.165) is 11.3 Å². The van der Waals surface area contributed by atoms with Gasteiger partial charge in [-0.25, -0.2) is 0 Å². The molecule has 1 aromatic heterocycles. The van der Waals surface area contributed by atoms with Crippen molar-refractivity contribution in [2.24, 2.45) is 0 Å². The van der Waals surface area contributed by atoms with Crippen LogP contribution < -0.4 is 4.74 Å². The average Bonchev–Trinajstić information content (AvgIpc) is 3.10. The van der Waals surface area contributed by atoms with Gasteiger partial charge in [0.05, 0.1) is 12.4 Å². The molecule has 0 unspecified atom stereocenters.